The number of hydrogen-bond donors (Lipinski definition) is 4. The first-order chi connectivity index (χ1) is 17.2. The van der Waals surface area contributed by atoms with Crippen molar-refractivity contribution in [1.82, 2.24) is 0 Å². The molecule has 7 rings (SSSR count). The maximum Gasteiger partial charge on any atom is 0.188 e. The Bertz CT molecular complexity index is 1140. The zero-order valence-corrected chi connectivity index (χ0v) is 23.9. The number of fused-ring (bicyclic) bond motifs is 8. The lowest BCUT2D eigenvalue weighted by molar-refractivity contribution is -0.364. The molecular weight excluding hydrogens is 482 g/mol. The van der Waals surface area contributed by atoms with Gasteiger partial charge in [-0.3, -0.25) is 0 Å². The van der Waals surface area contributed by atoms with Crippen LogP contribution in [0.15, 0.2) is 23.1 Å². The summed E-state index contributed by atoms with van der Waals surface area (Å²) >= 11 is 1.68. The van der Waals surface area contributed by atoms with Crippen molar-refractivity contribution in [1.29, 1.82) is 0 Å². The summed E-state index contributed by atoms with van der Waals surface area (Å²) in [6.07, 6.45) is 7.41. The lowest BCUT2D eigenvalue weighted by Gasteiger charge is -2.76. The average molecular weight is 528 g/mol. The minimum absolute atomic E-state index is 0.0732. The Morgan fingerprint density at radius 3 is 2.24 bits per heavy atom. The minimum atomic E-state index is -2.00. The quantitative estimate of drug-likeness (QED) is 0.389. The van der Waals surface area contributed by atoms with Gasteiger partial charge in [-0.25, -0.2) is 0 Å². The summed E-state index contributed by atoms with van der Waals surface area (Å²) in [6.45, 7) is 6.82. The molecule has 0 amide bonds. The molecule has 6 aliphatic rings. The zero-order chi connectivity index (χ0) is 26.4. The number of aliphatic hydroxyl groups is 4. The van der Waals surface area contributed by atoms with E-state index in [4.69, 9.17) is 0 Å². The van der Waals surface area contributed by atoms with Crippen molar-refractivity contribution in [2.24, 2.45) is 39.9 Å². The van der Waals surface area contributed by atoms with Crippen molar-refractivity contribution in [3.8, 4) is 0 Å². The Hall–Kier alpha value is -0.790. The molecule has 2 spiro atoms. The van der Waals surface area contributed by atoms with E-state index in [1.807, 2.05) is 14.1 Å². The van der Waals surface area contributed by atoms with Gasteiger partial charge >= 0.3 is 0 Å². The predicted octanol–water partition coefficient (Wildman–Crippen LogP) is 4.89. The predicted molar refractivity (Wildman–Crippen MR) is 146 cm³/mol. The average Bonchev–Trinajstić information content (AvgIpc) is 3.06. The van der Waals surface area contributed by atoms with E-state index in [0.29, 0.717) is 24.7 Å². The molecule has 6 heteroatoms. The monoisotopic (exact) mass is 527 g/mol. The SMILES string of the molecule is CN(C)c1ccc2c(c1)SC21C2(CC(C)(C)C2)C[C@]2(O)CC[C@@H]3[C@H](CC[C@]4(C)[C@@H](O)CC[C@@H]34)[C@H]2C1(O)O. The Morgan fingerprint density at radius 2 is 1.59 bits per heavy atom. The van der Waals surface area contributed by atoms with Crippen LogP contribution in [0.1, 0.15) is 84.1 Å². The Morgan fingerprint density at radius 1 is 0.892 bits per heavy atom. The summed E-state index contributed by atoms with van der Waals surface area (Å²) in [6, 6.07) is 6.45. The van der Waals surface area contributed by atoms with Crippen LogP contribution in [0.4, 0.5) is 5.69 Å². The number of rotatable bonds is 1. The number of thioether (sulfide) groups is 1. The molecule has 1 heterocycles. The fourth-order valence-corrected chi connectivity index (χ4v) is 13.1. The molecule has 1 aromatic rings. The molecule has 0 radical (unpaired) electrons. The van der Waals surface area contributed by atoms with Gasteiger partial charge in [0.25, 0.3) is 0 Å². The fraction of sp³-hybridized carbons (Fsp3) is 0.806. The summed E-state index contributed by atoms with van der Waals surface area (Å²) in [5.74, 6) is -1.75. The Balaban J connectivity index is 1.35. The van der Waals surface area contributed by atoms with Crippen LogP contribution in [0, 0.1) is 39.9 Å². The van der Waals surface area contributed by atoms with Gasteiger partial charge in [0.1, 0.15) is 4.75 Å². The second kappa shape index (κ2) is 7.28. The second-order valence-corrected chi connectivity index (χ2v) is 16.5. The van der Waals surface area contributed by atoms with E-state index in [0.717, 1.165) is 61.1 Å². The fourth-order valence-electron chi connectivity index (χ4n) is 11.4. The lowest BCUT2D eigenvalue weighted by atomic mass is 9.36. The third-order valence-corrected chi connectivity index (χ3v) is 14.3. The van der Waals surface area contributed by atoms with Crippen LogP contribution in [0.25, 0.3) is 0 Å². The van der Waals surface area contributed by atoms with Crippen LogP contribution in [-0.2, 0) is 4.75 Å². The third kappa shape index (κ3) is 2.88. The highest BCUT2D eigenvalue weighted by molar-refractivity contribution is 8.01. The first kappa shape index (κ1) is 25.2. The molecule has 5 nitrogen and oxygen atoms in total. The first-order valence-electron chi connectivity index (χ1n) is 14.6. The van der Waals surface area contributed by atoms with Crippen LogP contribution in [0.2, 0.25) is 0 Å². The van der Waals surface area contributed by atoms with E-state index in [9.17, 15) is 20.4 Å². The summed E-state index contributed by atoms with van der Waals surface area (Å²) in [4.78, 5) is 3.25. The van der Waals surface area contributed by atoms with Crippen molar-refractivity contribution in [3.05, 3.63) is 23.8 Å². The van der Waals surface area contributed by atoms with Crippen molar-refractivity contribution < 1.29 is 20.4 Å². The van der Waals surface area contributed by atoms with Crippen LogP contribution in [-0.4, -0.2) is 52.0 Å². The number of anilines is 1. The lowest BCUT2D eigenvalue weighted by Crippen LogP contribution is -2.80. The highest BCUT2D eigenvalue weighted by atomic mass is 32.2. The molecule has 37 heavy (non-hydrogen) atoms. The maximum absolute atomic E-state index is 12.6. The van der Waals surface area contributed by atoms with E-state index in [-0.39, 0.29) is 28.3 Å². The molecule has 0 saturated heterocycles. The van der Waals surface area contributed by atoms with Crippen LogP contribution in [0.5, 0.6) is 0 Å². The standard InChI is InChI=1S/C31H45NO4S/c1-26(2)15-28(16-26)17-29(34)13-11-19-20(10-12-27(3)21(19)8-9-24(27)33)25(29)31(35,36)30(28)22-7-6-18(32(4)5)14-23(22)37-30/h6-7,14,19-21,24-25,33-36H,8-13,15-17H2,1-5H3/t19-,20+,21+,24+,25-,27+,29-,30?/m1/s1. The van der Waals surface area contributed by atoms with Gasteiger partial charge in [0, 0.05) is 30.6 Å². The molecule has 5 fully saturated rings. The van der Waals surface area contributed by atoms with Gasteiger partial charge in [0.05, 0.1) is 11.7 Å². The zero-order valence-electron chi connectivity index (χ0n) is 23.1. The van der Waals surface area contributed by atoms with Crippen LogP contribution >= 0.6 is 11.8 Å². The Kier molecular flexibility index (Phi) is 4.96. The molecule has 1 aromatic carbocycles. The first-order valence-corrected chi connectivity index (χ1v) is 15.4. The molecule has 0 bridgehead atoms. The largest absolute Gasteiger partial charge is 0.393 e. The van der Waals surface area contributed by atoms with E-state index in [1.54, 1.807) is 11.8 Å². The van der Waals surface area contributed by atoms with Gasteiger partial charge in [0.2, 0.25) is 0 Å². The highest BCUT2D eigenvalue weighted by Gasteiger charge is 2.82. The molecule has 1 unspecified atom stereocenters. The van der Waals surface area contributed by atoms with Gasteiger partial charge < -0.3 is 25.3 Å². The van der Waals surface area contributed by atoms with E-state index >= 15 is 0 Å². The van der Waals surface area contributed by atoms with Crippen LogP contribution < -0.4 is 4.90 Å². The van der Waals surface area contributed by atoms with Crippen molar-refractivity contribution >= 4 is 17.4 Å². The van der Waals surface area contributed by atoms with Gasteiger partial charge in [0.15, 0.2) is 5.79 Å². The molecule has 0 aromatic heterocycles. The smallest absolute Gasteiger partial charge is 0.188 e. The molecular formula is C31H45NO4S. The number of aliphatic hydroxyl groups excluding tert-OH is 1. The van der Waals surface area contributed by atoms with E-state index in [1.165, 1.54) is 0 Å². The molecule has 5 saturated carbocycles. The Labute approximate surface area is 226 Å². The topological polar surface area (TPSA) is 84.2 Å². The minimum Gasteiger partial charge on any atom is -0.393 e. The molecule has 204 valence electrons. The molecule has 1 aliphatic heterocycles. The van der Waals surface area contributed by atoms with E-state index in [2.05, 4.69) is 43.9 Å². The van der Waals surface area contributed by atoms with Gasteiger partial charge in [-0.1, -0.05) is 26.8 Å². The highest BCUT2D eigenvalue weighted by Crippen LogP contribution is 2.82. The van der Waals surface area contributed by atoms with Gasteiger partial charge in [-0.05, 0) is 109 Å². The number of hydrogen-bond acceptors (Lipinski definition) is 6. The number of benzene rings is 1. The second-order valence-electron chi connectivity index (χ2n) is 15.3. The molecule has 4 N–H and O–H groups in total. The van der Waals surface area contributed by atoms with Crippen LogP contribution in [0.3, 0.4) is 0 Å². The van der Waals surface area contributed by atoms with Gasteiger partial charge in [-0.2, -0.15) is 0 Å². The summed E-state index contributed by atoms with van der Waals surface area (Å²) in [5, 5.41) is 48.5. The molecule has 8 atom stereocenters. The van der Waals surface area contributed by atoms with Crippen molar-refractivity contribution in [2.75, 3.05) is 19.0 Å². The van der Waals surface area contributed by atoms with Crippen molar-refractivity contribution in [2.45, 2.75) is 106 Å². The summed E-state index contributed by atoms with van der Waals surface area (Å²) < 4.78 is -0.815. The molecule has 5 aliphatic carbocycles. The van der Waals surface area contributed by atoms with E-state index < -0.39 is 22.1 Å². The number of nitrogens with zero attached hydrogens (tertiary/aromatic N) is 1. The third-order valence-electron chi connectivity index (χ3n) is 12.5. The van der Waals surface area contributed by atoms with Crippen molar-refractivity contribution in [3.63, 3.8) is 0 Å². The summed E-state index contributed by atoms with van der Waals surface area (Å²) in [5.41, 5.74) is 0.873. The van der Waals surface area contributed by atoms with Gasteiger partial charge in [-0.15, -0.1) is 11.8 Å². The maximum atomic E-state index is 12.6. The summed E-state index contributed by atoms with van der Waals surface area (Å²) in [7, 11) is 4.08. The normalized spacial score (nSPS) is 47.8.